The number of fused-ring (bicyclic) bond motifs is 1. The summed E-state index contributed by atoms with van der Waals surface area (Å²) in [4.78, 5) is 22.1. The first-order valence-electron chi connectivity index (χ1n) is 9.27. The second-order valence-electron chi connectivity index (χ2n) is 6.68. The molecule has 0 atom stereocenters. The lowest BCUT2D eigenvalue weighted by molar-refractivity contribution is 0.121. The number of hydrogen-bond donors (Lipinski definition) is 0. The lowest BCUT2D eigenvalue weighted by atomic mass is 10.1. The van der Waals surface area contributed by atoms with Gasteiger partial charge in [0, 0.05) is 30.6 Å². The van der Waals surface area contributed by atoms with Crippen LogP contribution in [0.2, 0.25) is 0 Å². The van der Waals surface area contributed by atoms with Crippen molar-refractivity contribution in [1.82, 2.24) is 14.5 Å². The smallest absolute Gasteiger partial charge is 0.259 e. The van der Waals surface area contributed by atoms with Gasteiger partial charge in [-0.25, -0.2) is 4.98 Å². The Morgan fingerprint density at radius 3 is 2.46 bits per heavy atom. The Kier molecular flexibility index (Phi) is 5.74. The molecule has 0 bridgehead atoms. The zero-order chi connectivity index (χ0) is 18.7. The molecular weight excluding hydrogens is 328 g/mol. The first-order valence-corrected chi connectivity index (χ1v) is 9.27. The molecule has 2 aromatic rings. The highest BCUT2D eigenvalue weighted by Gasteiger charge is 2.27. The van der Waals surface area contributed by atoms with Crippen molar-refractivity contribution in [3.63, 3.8) is 0 Å². The van der Waals surface area contributed by atoms with Crippen LogP contribution < -0.4 is 10.5 Å². The molecule has 1 aliphatic rings. The number of ether oxygens (including phenoxy) is 1. The lowest BCUT2D eigenvalue weighted by Crippen LogP contribution is -2.48. The van der Waals surface area contributed by atoms with Crippen LogP contribution in [-0.4, -0.2) is 41.4 Å². The van der Waals surface area contributed by atoms with E-state index in [1.165, 1.54) is 5.56 Å². The van der Waals surface area contributed by atoms with Crippen molar-refractivity contribution in [2.75, 3.05) is 31.8 Å². The van der Waals surface area contributed by atoms with Crippen molar-refractivity contribution in [2.45, 2.75) is 40.3 Å². The predicted molar refractivity (Wildman–Crippen MR) is 104 cm³/mol. The Balaban J connectivity index is 2.07. The molecule has 0 saturated carbocycles. The molecule has 0 unspecified atom stereocenters. The van der Waals surface area contributed by atoms with Gasteiger partial charge in [0.1, 0.15) is 0 Å². The molecule has 6 nitrogen and oxygen atoms in total. The van der Waals surface area contributed by atoms with Crippen molar-refractivity contribution < 1.29 is 4.74 Å². The number of aryl methyl sites for hydroxylation is 2. The van der Waals surface area contributed by atoms with E-state index in [0.29, 0.717) is 26.4 Å². The van der Waals surface area contributed by atoms with Crippen molar-refractivity contribution in [3.8, 4) is 0 Å². The third-order valence-electron chi connectivity index (χ3n) is 4.99. The number of methoxy groups -OCH3 is 1. The first-order chi connectivity index (χ1) is 12.6. The number of rotatable bonds is 6. The van der Waals surface area contributed by atoms with Gasteiger partial charge >= 0.3 is 0 Å². The summed E-state index contributed by atoms with van der Waals surface area (Å²) in [5.74, 6) is 0.725. The van der Waals surface area contributed by atoms with E-state index in [2.05, 4.69) is 41.0 Å². The summed E-state index contributed by atoms with van der Waals surface area (Å²) in [6, 6.07) is 8.49. The second kappa shape index (κ2) is 8.01. The Hall–Kier alpha value is -2.18. The van der Waals surface area contributed by atoms with Crippen LogP contribution in [0.5, 0.6) is 0 Å². The molecule has 1 aliphatic heterocycles. The Labute approximate surface area is 155 Å². The van der Waals surface area contributed by atoms with Gasteiger partial charge in [0.05, 0.1) is 19.9 Å². The fourth-order valence-corrected chi connectivity index (χ4v) is 3.41. The SMILES string of the molecule is CCc1ccc(N2CN(CCOC)Cn3c2nc(C)c(CC)c3=O)cc1. The number of hydrogen-bond acceptors (Lipinski definition) is 5. The molecule has 0 N–H and O–H groups in total. The van der Waals surface area contributed by atoms with Crippen LogP contribution in [0.15, 0.2) is 29.1 Å². The molecule has 26 heavy (non-hydrogen) atoms. The van der Waals surface area contributed by atoms with E-state index in [9.17, 15) is 4.79 Å². The van der Waals surface area contributed by atoms with Crippen LogP contribution in [-0.2, 0) is 24.2 Å². The summed E-state index contributed by atoms with van der Waals surface area (Å²) in [5.41, 5.74) is 4.03. The van der Waals surface area contributed by atoms with E-state index in [-0.39, 0.29) is 5.56 Å². The zero-order valence-corrected chi connectivity index (χ0v) is 16.2. The fraction of sp³-hybridized carbons (Fsp3) is 0.500. The van der Waals surface area contributed by atoms with E-state index >= 15 is 0 Å². The molecule has 0 spiro atoms. The fourth-order valence-electron chi connectivity index (χ4n) is 3.41. The molecule has 0 radical (unpaired) electrons. The van der Waals surface area contributed by atoms with Gasteiger partial charge in [-0.15, -0.1) is 0 Å². The first kappa shape index (κ1) is 18.6. The predicted octanol–water partition coefficient (Wildman–Crippen LogP) is 2.69. The van der Waals surface area contributed by atoms with E-state index in [1.807, 2.05) is 13.8 Å². The molecular formula is C20H28N4O2. The number of anilines is 2. The van der Waals surface area contributed by atoms with Gasteiger partial charge in [-0.05, 0) is 37.5 Å². The molecule has 140 valence electrons. The van der Waals surface area contributed by atoms with Crippen LogP contribution in [0.4, 0.5) is 11.6 Å². The standard InChI is InChI=1S/C20H28N4O2/c1-5-16-7-9-17(10-8-16)23-13-22(11-12-26-4)14-24-19(25)18(6-2)15(3)21-20(23)24/h7-10H,5-6,11-14H2,1-4H3. The van der Waals surface area contributed by atoms with Crippen LogP contribution in [0.3, 0.4) is 0 Å². The van der Waals surface area contributed by atoms with E-state index in [0.717, 1.165) is 35.9 Å². The highest BCUT2D eigenvalue weighted by atomic mass is 16.5. The highest BCUT2D eigenvalue weighted by molar-refractivity contribution is 5.59. The molecule has 0 aliphatic carbocycles. The Bertz CT molecular complexity index is 814. The maximum Gasteiger partial charge on any atom is 0.259 e. The van der Waals surface area contributed by atoms with Gasteiger partial charge in [-0.2, -0.15) is 0 Å². The van der Waals surface area contributed by atoms with Crippen LogP contribution in [0, 0.1) is 6.92 Å². The van der Waals surface area contributed by atoms with Gasteiger partial charge in [0.25, 0.3) is 5.56 Å². The summed E-state index contributed by atoms with van der Waals surface area (Å²) in [7, 11) is 1.70. The summed E-state index contributed by atoms with van der Waals surface area (Å²) >= 11 is 0. The van der Waals surface area contributed by atoms with E-state index < -0.39 is 0 Å². The second-order valence-corrected chi connectivity index (χ2v) is 6.68. The molecule has 0 amide bonds. The molecule has 3 rings (SSSR count). The van der Waals surface area contributed by atoms with Gasteiger partial charge in [0.15, 0.2) is 0 Å². The normalized spacial score (nSPS) is 14.5. The topological polar surface area (TPSA) is 50.6 Å². The molecule has 1 aromatic heterocycles. The van der Waals surface area contributed by atoms with Crippen LogP contribution in [0.25, 0.3) is 0 Å². The van der Waals surface area contributed by atoms with Gasteiger partial charge in [-0.3, -0.25) is 19.2 Å². The average Bonchev–Trinajstić information content (AvgIpc) is 2.66. The van der Waals surface area contributed by atoms with Crippen molar-refractivity contribution in [2.24, 2.45) is 0 Å². The Morgan fingerprint density at radius 1 is 1.12 bits per heavy atom. The largest absolute Gasteiger partial charge is 0.383 e. The van der Waals surface area contributed by atoms with Gasteiger partial charge in [-0.1, -0.05) is 26.0 Å². The van der Waals surface area contributed by atoms with Crippen molar-refractivity contribution in [3.05, 3.63) is 51.4 Å². The minimum Gasteiger partial charge on any atom is -0.383 e. The molecule has 1 aromatic carbocycles. The maximum atomic E-state index is 13.0. The summed E-state index contributed by atoms with van der Waals surface area (Å²) < 4.78 is 7.03. The van der Waals surface area contributed by atoms with E-state index in [4.69, 9.17) is 9.72 Å². The summed E-state index contributed by atoms with van der Waals surface area (Å²) in [5, 5.41) is 0. The quantitative estimate of drug-likeness (QED) is 0.796. The molecule has 6 heteroatoms. The number of aromatic nitrogens is 2. The zero-order valence-electron chi connectivity index (χ0n) is 16.2. The molecule has 2 heterocycles. The van der Waals surface area contributed by atoms with Crippen molar-refractivity contribution in [1.29, 1.82) is 0 Å². The third kappa shape index (κ3) is 3.52. The number of benzene rings is 1. The Morgan fingerprint density at radius 2 is 1.85 bits per heavy atom. The highest BCUT2D eigenvalue weighted by Crippen LogP contribution is 2.28. The van der Waals surface area contributed by atoms with E-state index in [1.54, 1.807) is 11.7 Å². The average molecular weight is 356 g/mol. The van der Waals surface area contributed by atoms with Crippen LogP contribution in [0.1, 0.15) is 30.7 Å². The van der Waals surface area contributed by atoms with Gasteiger partial charge < -0.3 is 4.74 Å². The third-order valence-corrected chi connectivity index (χ3v) is 4.99. The summed E-state index contributed by atoms with van der Waals surface area (Å²) in [6.45, 7) is 8.71. The minimum absolute atomic E-state index is 0.0623. The van der Waals surface area contributed by atoms with Crippen molar-refractivity contribution >= 4 is 11.6 Å². The number of nitrogens with zero attached hydrogens (tertiary/aromatic N) is 4. The monoisotopic (exact) mass is 356 g/mol. The maximum absolute atomic E-state index is 13.0. The van der Waals surface area contributed by atoms with Gasteiger partial charge in [0.2, 0.25) is 5.95 Å². The summed E-state index contributed by atoms with van der Waals surface area (Å²) in [6.07, 6.45) is 1.70. The van der Waals surface area contributed by atoms with Crippen LogP contribution >= 0.6 is 0 Å². The molecule has 0 saturated heterocycles. The molecule has 0 fully saturated rings. The lowest BCUT2D eigenvalue weighted by Gasteiger charge is -2.38. The minimum atomic E-state index is 0.0623.